The van der Waals surface area contributed by atoms with Crippen LogP contribution in [0.4, 0.5) is 5.82 Å². The van der Waals surface area contributed by atoms with Crippen molar-refractivity contribution in [1.82, 2.24) is 30.7 Å². The van der Waals surface area contributed by atoms with Crippen LogP contribution in [0.15, 0.2) is 52.2 Å². The van der Waals surface area contributed by atoms with E-state index >= 15 is 0 Å². The molecule has 0 unspecified atom stereocenters. The number of hydrogen-bond donors (Lipinski definition) is 2. The molecular weight excluding hydrogens is 440 g/mol. The van der Waals surface area contributed by atoms with E-state index in [1.54, 1.807) is 32.2 Å². The van der Waals surface area contributed by atoms with Gasteiger partial charge in [-0.15, -0.1) is 5.10 Å². The van der Waals surface area contributed by atoms with E-state index in [0.29, 0.717) is 29.4 Å². The van der Waals surface area contributed by atoms with Crippen LogP contribution in [-0.2, 0) is 6.61 Å². The van der Waals surface area contributed by atoms with Crippen LogP contribution in [0.5, 0.6) is 11.5 Å². The number of amides is 1. The van der Waals surface area contributed by atoms with Gasteiger partial charge in [0.05, 0.1) is 19.0 Å². The highest BCUT2D eigenvalue weighted by molar-refractivity contribution is 5.94. The third-order valence-electron chi connectivity index (χ3n) is 4.83. The lowest BCUT2D eigenvalue weighted by Crippen LogP contribution is -2.22. The minimum Gasteiger partial charge on any atom is -0.493 e. The van der Waals surface area contributed by atoms with Gasteiger partial charge in [0.15, 0.2) is 17.2 Å². The van der Waals surface area contributed by atoms with Crippen molar-refractivity contribution >= 4 is 17.9 Å². The van der Waals surface area contributed by atoms with E-state index in [4.69, 9.17) is 15.2 Å². The first-order valence-corrected chi connectivity index (χ1v) is 10.2. The van der Waals surface area contributed by atoms with Crippen LogP contribution in [0.3, 0.4) is 0 Å². The molecule has 174 valence electrons. The normalized spacial score (nSPS) is 11.0. The SMILES string of the molecule is COc1cc(/C=N/NC(=O)c2c(C)nnn2-c2nonc2N)ccc1OCc1ccc(C)cc1. The van der Waals surface area contributed by atoms with E-state index in [1.165, 1.54) is 11.8 Å². The third kappa shape index (κ3) is 4.85. The number of methoxy groups -OCH3 is 1. The van der Waals surface area contributed by atoms with Crippen LogP contribution in [0.1, 0.15) is 32.9 Å². The number of aromatic nitrogens is 5. The van der Waals surface area contributed by atoms with Crippen molar-refractivity contribution < 1.29 is 18.9 Å². The van der Waals surface area contributed by atoms with Crippen LogP contribution in [0.2, 0.25) is 0 Å². The number of nitrogen functional groups attached to an aromatic ring is 1. The molecule has 0 spiro atoms. The van der Waals surface area contributed by atoms with Gasteiger partial charge in [-0.05, 0) is 53.5 Å². The Hall–Kier alpha value is -4.74. The summed E-state index contributed by atoms with van der Waals surface area (Å²) in [7, 11) is 1.55. The Morgan fingerprint density at radius 2 is 1.97 bits per heavy atom. The highest BCUT2D eigenvalue weighted by atomic mass is 16.6. The molecule has 0 saturated carbocycles. The number of nitrogens with one attached hydrogen (secondary N) is 1. The lowest BCUT2D eigenvalue weighted by Gasteiger charge is -2.11. The fraction of sp³-hybridized carbons (Fsp3) is 0.182. The molecule has 4 rings (SSSR count). The number of carbonyl (C=O) groups is 1. The van der Waals surface area contributed by atoms with Crippen molar-refractivity contribution in [1.29, 1.82) is 0 Å². The predicted molar refractivity (Wildman–Crippen MR) is 122 cm³/mol. The first kappa shape index (κ1) is 22.5. The van der Waals surface area contributed by atoms with E-state index in [1.807, 2.05) is 31.2 Å². The second kappa shape index (κ2) is 9.81. The zero-order chi connectivity index (χ0) is 24.1. The van der Waals surface area contributed by atoms with Crippen LogP contribution in [0, 0.1) is 13.8 Å². The summed E-state index contributed by atoms with van der Waals surface area (Å²) in [5.74, 6) is 0.592. The molecule has 12 nitrogen and oxygen atoms in total. The Balaban J connectivity index is 1.43. The molecule has 0 aliphatic rings. The van der Waals surface area contributed by atoms with Gasteiger partial charge in [-0.25, -0.2) is 10.1 Å². The van der Waals surface area contributed by atoms with Crippen molar-refractivity contribution in [2.24, 2.45) is 5.10 Å². The van der Waals surface area contributed by atoms with Crippen molar-refractivity contribution in [3.8, 4) is 17.3 Å². The fourth-order valence-corrected chi connectivity index (χ4v) is 3.05. The minimum atomic E-state index is -0.564. The number of hydrazone groups is 1. The molecule has 3 N–H and O–H groups in total. The molecule has 0 saturated heterocycles. The predicted octanol–water partition coefficient (Wildman–Crippen LogP) is 2.20. The average Bonchev–Trinajstić information content (AvgIpc) is 3.43. The summed E-state index contributed by atoms with van der Waals surface area (Å²) in [6, 6.07) is 13.4. The number of aryl methyl sites for hydroxylation is 2. The Morgan fingerprint density at radius 3 is 2.68 bits per heavy atom. The summed E-state index contributed by atoms with van der Waals surface area (Å²) in [5.41, 5.74) is 11.5. The molecule has 0 bridgehead atoms. The first-order valence-electron chi connectivity index (χ1n) is 10.2. The second-order valence-corrected chi connectivity index (χ2v) is 7.29. The zero-order valence-corrected chi connectivity index (χ0v) is 18.7. The number of nitrogens with zero attached hydrogens (tertiary/aromatic N) is 6. The molecule has 12 heteroatoms. The van der Waals surface area contributed by atoms with E-state index in [2.05, 4.69) is 35.8 Å². The molecule has 1 amide bonds. The number of hydrogen-bond acceptors (Lipinski definition) is 10. The monoisotopic (exact) mass is 462 g/mol. The summed E-state index contributed by atoms with van der Waals surface area (Å²) in [6.45, 7) is 4.06. The van der Waals surface area contributed by atoms with E-state index < -0.39 is 5.91 Å². The summed E-state index contributed by atoms with van der Waals surface area (Å²) in [6.07, 6.45) is 1.47. The highest BCUT2D eigenvalue weighted by Gasteiger charge is 2.22. The van der Waals surface area contributed by atoms with Gasteiger partial charge in [-0.3, -0.25) is 4.79 Å². The molecular formula is C22H22N8O4. The quantitative estimate of drug-likeness (QED) is 0.296. The van der Waals surface area contributed by atoms with Gasteiger partial charge in [0.25, 0.3) is 5.91 Å². The smallest absolute Gasteiger partial charge is 0.292 e. The van der Waals surface area contributed by atoms with Crippen LogP contribution < -0.4 is 20.6 Å². The van der Waals surface area contributed by atoms with Crippen LogP contribution >= 0.6 is 0 Å². The molecule has 4 aromatic rings. The van der Waals surface area contributed by atoms with Crippen molar-refractivity contribution in [3.05, 3.63) is 70.5 Å². The maximum Gasteiger partial charge on any atom is 0.292 e. The number of ether oxygens (including phenoxy) is 2. The van der Waals surface area contributed by atoms with Gasteiger partial charge in [0, 0.05) is 0 Å². The summed E-state index contributed by atoms with van der Waals surface area (Å²) >= 11 is 0. The minimum absolute atomic E-state index is 0.0285. The topological polar surface area (TPSA) is 156 Å². The maximum atomic E-state index is 12.7. The van der Waals surface area contributed by atoms with Gasteiger partial charge < -0.3 is 15.2 Å². The maximum absolute atomic E-state index is 12.7. The first-order chi connectivity index (χ1) is 16.5. The number of anilines is 1. The van der Waals surface area contributed by atoms with Crippen LogP contribution in [0.25, 0.3) is 5.82 Å². The molecule has 0 atom stereocenters. The Morgan fingerprint density at radius 1 is 1.18 bits per heavy atom. The lowest BCUT2D eigenvalue weighted by atomic mass is 10.2. The number of nitrogens with two attached hydrogens (primary N) is 1. The molecule has 2 aromatic heterocycles. The van der Waals surface area contributed by atoms with Crippen LogP contribution in [-0.4, -0.2) is 44.5 Å². The third-order valence-corrected chi connectivity index (χ3v) is 4.83. The largest absolute Gasteiger partial charge is 0.493 e. The van der Waals surface area contributed by atoms with Crippen molar-refractivity contribution in [3.63, 3.8) is 0 Å². The van der Waals surface area contributed by atoms with Gasteiger partial charge in [0.1, 0.15) is 6.61 Å². The summed E-state index contributed by atoms with van der Waals surface area (Å²) in [5, 5.41) is 18.9. The van der Waals surface area contributed by atoms with E-state index in [9.17, 15) is 4.79 Å². The highest BCUT2D eigenvalue weighted by Crippen LogP contribution is 2.28. The summed E-state index contributed by atoms with van der Waals surface area (Å²) < 4.78 is 17.0. The van der Waals surface area contributed by atoms with Crippen molar-refractivity contribution in [2.45, 2.75) is 20.5 Å². The number of rotatable bonds is 8. The Kier molecular flexibility index (Phi) is 6.48. The molecule has 0 aliphatic carbocycles. The fourth-order valence-electron chi connectivity index (χ4n) is 3.05. The average molecular weight is 462 g/mol. The van der Waals surface area contributed by atoms with Gasteiger partial charge in [-0.1, -0.05) is 35.0 Å². The second-order valence-electron chi connectivity index (χ2n) is 7.29. The van der Waals surface area contributed by atoms with Crippen molar-refractivity contribution in [2.75, 3.05) is 12.8 Å². The van der Waals surface area contributed by atoms with E-state index in [-0.39, 0.29) is 17.3 Å². The molecule has 34 heavy (non-hydrogen) atoms. The van der Waals surface area contributed by atoms with E-state index in [0.717, 1.165) is 10.2 Å². The lowest BCUT2D eigenvalue weighted by molar-refractivity contribution is 0.0946. The molecule has 0 radical (unpaired) electrons. The van der Waals surface area contributed by atoms with Gasteiger partial charge in [-0.2, -0.15) is 9.78 Å². The standard InChI is InChI=1S/C22H22N8O4/c1-13-4-6-15(7-5-13)12-33-17-9-8-16(10-18(17)32-3)11-24-26-22(31)19-14(2)25-29-30(19)21-20(23)27-34-28-21/h4-11H,12H2,1-3H3,(H2,23,27)(H,26,31)/b24-11+. The number of carbonyl (C=O) groups excluding carboxylic acids is 1. The molecule has 0 fully saturated rings. The van der Waals surface area contributed by atoms with Gasteiger partial charge in [0.2, 0.25) is 11.6 Å². The molecule has 0 aliphatic heterocycles. The summed E-state index contributed by atoms with van der Waals surface area (Å²) in [4.78, 5) is 12.7. The molecule has 2 heterocycles. The zero-order valence-electron chi connectivity index (χ0n) is 18.7. The Bertz CT molecular complexity index is 1330. The molecule has 2 aromatic carbocycles. The Labute approximate surface area is 194 Å². The van der Waals surface area contributed by atoms with Gasteiger partial charge >= 0.3 is 0 Å². The number of benzene rings is 2.